The van der Waals surface area contributed by atoms with E-state index in [4.69, 9.17) is 0 Å². The van der Waals surface area contributed by atoms with Gasteiger partial charge in [-0.2, -0.15) is 0 Å². The first-order chi connectivity index (χ1) is 10.6. The van der Waals surface area contributed by atoms with Crippen molar-refractivity contribution in [2.24, 2.45) is 0 Å². The number of aliphatic hydroxyl groups excluding tert-OH is 1. The summed E-state index contributed by atoms with van der Waals surface area (Å²) < 4.78 is 15.0. The molecule has 0 radical (unpaired) electrons. The van der Waals surface area contributed by atoms with Crippen molar-refractivity contribution in [3.8, 4) is 0 Å². The average Bonchev–Trinajstić information content (AvgIpc) is 2.85. The number of fused-ring (bicyclic) bond motifs is 1. The van der Waals surface area contributed by atoms with E-state index >= 15 is 0 Å². The number of rotatable bonds is 4. The minimum Gasteiger partial charge on any atom is -0.387 e. The zero-order valence-electron chi connectivity index (χ0n) is 12.8. The van der Waals surface area contributed by atoms with Crippen molar-refractivity contribution in [1.29, 1.82) is 0 Å². The number of aliphatic hydroxyl groups is 1. The van der Waals surface area contributed by atoms with Gasteiger partial charge in [-0.25, -0.2) is 9.37 Å². The molecule has 0 fully saturated rings. The number of imidazole rings is 1. The van der Waals surface area contributed by atoms with Crippen molar-refractivity contribution in [1.82, 2.24) is 9.38 Å². The lowest BCUT2D eigenvalue weighted by molar-refractivity contribution is 0.167. The predicted octanol–water partition coefficient (Wildman–Crippen LogP) is 3.82. The van der Waals surface area contributed by atoms with Crippen LogP contribution >= 0.6 is 0 Å². The Balaban J connectivity index is 2.08. The van der Waals surface area contributed by atoms with Gasteiger partial charge >= 0.3 is 0 Å². The van der Waals surface area contributed by atoms with Crippen molar-refractivity contribution in [2.45, 2.75) is 32.8 Å². The van der Waals surface area contributed by atoms with Gasteiger partial charge in [0.25, 0.3) is 0 Å². The summed E-state index contributed by atoms with van der Waals surface area (Å²) in [6, 6.07) is 10.4. The topological polar surface area (TPSA) is 37.5 Å². The summed E-state index contributed by atoms with van der Waals surface area (Å²) in [6.45, 7) is 3.96. The summed E-state index contributed by atoms with van der Waals surface area (Å²) in [5.41, 5.74) is 4.60. The van der Waals surface area contributed by atoms with Crippen molar-refractivity contribution in [3.05, 3.63) is 70.9 Å². The van der Waals surface area contributed by atoms with E-state index in [2.05, 4.69) is 4.98 Å². The SMILES string of the molecule is CCC(O)c1c(Cc2ccc(F)cc2)nc2cc(C)ccn12. The summed E-state index contributed by atoms with van der Waals surface area (Å²) in [5.74, 6) is -0.247. The standard InChI is InChI=1S/C18H19FN2O/c1-3-16(22)18-15(11-13-4-6-14(19)7-5-13)20-17-10-12(2)8-9-21(17)18/h4-10,16,22H,3,11H2,1-2H3. The molecule has 0 aliphatic carbocycles. The summed E-state index contributed by atoms with van der Waals surface area (Å²) in [4.78, 5) is 4.67. The minimum atomic E-state index is -0.562. The Hall–Kier alpha value is -2.20. The summed E-state index contributed by atoms with van der Waals surface area (Å²) in [5, 5.41) is 10.4. The molecule has 2 aromatic heterocycles. The van der Waals surface area contributed by atoms with E-state index in [0.29, 0.717) is 12.8 Å². The van der Waals surface area contributed by atoms with Gasteiger partial charge in [-0.1, -0.05) is 19.1 Å². The van der Waals surface area contributed by atoms with Gasteiger partial charge in [-0.15, -0.1) is 0 Å². The van der Waals surface area contributed by atoms with Crippen LogP contribution in [0.5, 0.6) is 0 Å². The lowest BCUT2D eigenvalue weighted by Crippen LogP contribution is -2.04. The highest BCUT2D eigenvalue weighted by atomic mass is 19.1. The summed E-state index contributed by atoms with van der Waals surface area (Å²) in [6.07, 6.45) is 2.58. The fourth-order valence-corrected chi connectivity index (χ4v) is 2.69. The summed E-state index contributed by atoms with van der Waals surface area (Å²) in [7, 11) is 0. The number of aromatic nitrogens is 2. The molecule has 4 heteroatoms. The third-order valence-electron chi connectivity index (χ3n) is 3.88. The molecule has 0 spiro atoms. The zero-order valence-corrected chi connectivity index (χ0v) is 12.8. The maximum absolute atomic E-state index is 13.0. The lowest BCUT2D eigenvalue weighted by atomic mass is 10.1. The molecule has 0 amide bonds. The van der Waals surface area contributed by atoms with E-state index in [1.165, 1.54) is 12.1 Å². The highest BCUT2D eigenvalue weighted by molar-refractivity contribution is 5.47. The van der Waals surface area contributed by atoms with Crippen molar-refractivity contribution >= 4 is 5.65 Å². The molecular weight excluding hydrogens is 279 g/mol. The molecule has 0 bridgehead atoms. The van der Waals surface area contributed by atoms with E-state index < -0.39 is 6.10 Å². The van der Waals surface area contributed by atoms with Crippen LogP contribution in [0.4, 0.5) is 4.39 Å². The molecule has 0 saturated heterocycles. The van der Waals surface area contributed by atoms with Gasteiger partial charge < -0.3 is 9.51 Å². The molecule has 0 saturated carbocycles. The van der Waals surface area contributed by atoms with E-state index in [9.17, 15) is 9.50 Å². The molecule has 3 rings (SSSR count). The van der Waals surface area contributed by atoms with Crippen LogP contribution in [0.2, 0.25) is 0 Å². The fourth-order valence-electron chi connectivity index (χ4n) is 2.69. The molecule has 3 aromatic rings. The van der Waals surface area contributed by atoms with Gasteiger partial charge in [0.2, 0.25) is 0 Å². The molecule has 114 valence electrons. The number of hydrogen-bond donors (Lipinski definition) is 1. The maximum Gasteiger partial charge on any atom is 0.137 e. The van der Waals surface area contributed by atoms with Gasteiger partial charge in [0.1, 0.15) is 11.5 Å². The average molecular weight is 298 g/mol. The van der Waals surface area contributed by atoms with Crippen LogP contribution in [0.25, 0.3) is 5.65 Å². The molecule has 1 atom stereocenters. The van der Waals surface area contributed by atoms with Crippen LogP contribution in [0.15, 0.2) is 42.6 Å². The molecule has 22 heavy (non-hydrogen) atoms. The number of benzene rings is 1. The van der Waals surface area contributed by atoms with Crippen molar-refractivity contribution in [3.63, 3.8) is 0 Å². The fraction of sp³-hybridized carbons (Fsp3) is 0.278. The second-order valence-electron chi connectivity index (χ2n) is 5.60. The van der Waals surface area contributed by atoms with Crippen LogP contribution in [0.1, 0.15) is 42.0 Å². The first-order valence-electron chi connectivity index (χ1n) is 7.48. The minimum absolute atomic E-state index is 0.247. The highest BCUT2D eigenvalue weighted by Gasteiger charge is 2.18. The van der Waals surface area contributed by atoms with E-state index in [1.54, 1.807) is 12.1 Å². The molecule has 2 heterocycles. The van der Waals surface area contributed by atoms with E-state index in [-0.39, 0.29) is 5.82 Å². The molecule has 0 aliphatic heterocycles. The van der Waals surface area contributed by atoms with Gasteiger partial charge in [-0.05, 0) is 48.7 Å². The maximum atomic E-state index is 13.0. The Bertz CT molecular complexity index is 793. The Morgan fingerprint density at radius 2 is 1.95 bits per heavy atom. The number of nitrogens with zero attached hydrogens (tertiary/aromatic N) is 2. The third-order valence-corrected chi connectivity index (χ3v) is 3.88. The molecule has 3 nitrogen and oxygen atoms in total. The number of hydrogen-bond acceptors (Lipinski definition) is 2. The number of aryl methyl sites for hydroxylation is 1. The van der Waals surface area contributed by atoms with Crippen molar-refractivity contribution < 1.29 is 9.50 Å². The first kappa shape index (κ1) is 14.7. The van der Waals surface area contributed by atoms with Gasteiger partial charge in [0.05, 0.1) is 17.5 Å². The van der Waals surface area contributed by atoms with Crippen LogP contribution < -0.4 is 0 Å². The second-order valence-corrected chi connectivity index (χ2v) is 5.60. The van der Waals surface area contributed by atoms with Crippen molar-refractivity contribution in [2.75, 3.05) is 0 Å². The Kier molecular flexibility index (Phi) is 3.94. The Morgan fingerprint density at radius 1 is 1.23 bits per heavy atom. The summed E-state index contributed by atoms with van der Waals surface area (Å²) >= 11 is 0. The Morgan fingerprint density at radius 3 is 2.64 bits per heavy atom. The molecule has 0 aliphatic rings. The lowest BCUT2D eigenvalue weighted by Gasteiger charge is -2.11. The van der Waals surface area contributed by atoms with Gasteiger partial charge in [0, 0.05) is 12.6 Å². The first-order valence-corrected chi connectivity index (χ1v) is 7.48. The molecular formula is C18H19FN2O. The number of halogens is 1. The van der Waals surface area contributed by atoms with Crippen LogP contribution in [-0.2, 0) is 6.42 Å². The number of pyridine rings is 1. The third kappa shape index (κ3) is 2.74. The molecule has 1 N–H and O–H groups in total. The second kappa shape index (κ2) is 5.89. The Labute approximate surface area is 129 Å². The quantitative estimate of drug-likeness (QED) is 0.795. The van der Waals surface area contributed by atoms with Crippen LogP contribution in [0.3, 0.4) is 0 Å². The normalized spacial score (nSPS) is 12.7. The highest BCUT2D eigenvalue weighted by Crippen LogP contribution is 2.25. The molecule has 1 aromatic carbocycles. The molecule has 1 unspecified atom stereocenters. The zero-order chi connectivity index (χ0) is 15.7. The smallest absolute Gasteiger partial charge is 0.137 e. The van der Waals surface area contributed by atoms with E-state index in [1.807, 2.05) is 36.6 Å². The largest absolute Gasteiger partial charge is 0.387 e. The van der Waals surface area contributed by atoms with Gasteiger partial charge in [-0.3, -0.25) is 0 Å². The van der Waals surface area contributed by atoms with Crippen LogP contribution in [0, 0.1) is 12.7 Å². The van der Waals surface area contributed by atoms with Gasteiger partial charge in [0.15, 0.2) is 0 Å². The van der Waals surface area contributed by atoms with Crippen LogP contribution in [-0.4, -0.2) is 14.5 Å². The van der Waals surface area contributed by atoms with E-state index in [0.717, 1.165) is 28.2 Å². The predicted molar refractivity (Wildman–Crippen MR) is 84.4 cm³/mol. The monoisotopic (exact) mass is 298 g/mol.